The van der Waals surface area contributed by atoms with Gasteiger partial charge in [0.1, 0.15) is 5.75 Å². The van der Waals surface area contributed by atoms with Crippen LogP contribution in [0, 0.1) is 16.0 Å². The first-order valence-electron chi connectivity index (χ1n) is 4.47. The van der Waals surface area contributed by atoms with Crippen molar-refractivity contribution in [2.45, 2.75) is 13.8 Å². The van der Waals surface area contributed by atoms with E-state index in [2.05, 4.69) is 0 Å². The minimum Gasteiger partial charge on any atom is -0.493 e. The van der Waals surface area contributed by atoms with Gasteiger partial charge in [-0.3, -0.25) is 10.1 Å². The molecule has 1 aromatic rings. The number of nitro benzene ring substituents is 1. The highest BCUT2D eigenvalue weighted by atomic mass is 16.6. The van der Waals surface area contributed by atoms with E-state index in [1.165, 1.54) is 12.1 Å². The number of ether oxygens (including phenoxy) is 1. The summed E-state index contributed by atoms with van der Waals surface area (Å²) < 4.78 is 5.35. The number of nitrogens with zero attached hydrogens (tertiary/aromatic N) is 1. The topological polar surface area (TPSA) is 52.4 Å². The number of hydrogen-bond acceptors (Lipinski definition) is 3. The van der Waals surface area contributed by atoms with Crippen molar-refractivity contribution in [2.75, 3.05) is 6.61 Å². The van der Waals surface area contributed by atoms with Gasteiger partial charge in [-0.25, -0.2) is 0 Å². The lowest BCUT2D eigenvalue weighted by Crippen LogP contribution is -2.04. The molecule has 1 rings (SSSR count). The van der Waals surface area contributed by atoms with Crippen LogP contribution < -0.4 is 4.74 Å². The summed E-state index contributed by atoms with van der Waals surface area (Å²) in [6, 6.07) is 6.22. The highest BCUT2D eigenvalue weighted by molar-refractivity contribution is 5.37. The monoisotopic (exact) mass is 195 g/mol. The van der Waals surface area contributed by atoms with E-state index in [9.17, 15) is 10.1 Å². The minimum atomic E-state index is -0.428. The molecule has 0 atom stereocenters. The van der Waals surface area contributed by atoms with Gasteiger partial charge in [-0.1, -0.05) is 19.9 Å². The summed E-state index contributed by atoms with van der Waals surface area (Å²) in [6.07, 6.45) is 0. The second-order valence-corrected chi connectivity index (χ2v) is 3.46. The fourth-order valence-electron chi connectivity index (χ4n) is 0.950. The molecule has 0 bridgehead atoms. The largest absolute Gasteiger partial charge is 0.493 e. The first-order chi connectivity index (χ1) is 6.59. The lowest BCUT2D eigenvalue weighted by Gasteiger charge is -2.07. The van der Waals surface area contributed by atoms with Gasteiger partial charge in [-0.15, -0.1) is 0 Å². The predicted octanol–water partition coefficient (Wildman–Crippen LogP) is 2.63. The third kappa shape index (κ3) is 3.05. The van der Waals surface area contributed by atoms with Gasteiger partial charge in [0.15, 0.2) is 0 Å². The Hall–Kier alpha value is -1.58. The molecule has 0 saturated carbocycles. The van der Waals surface area contributed by atoms with Gasteiger partial charge in [0.25, 0.3) is 5.69 Å². The van der Waals surface area contributed by atoms with Gasteiger partial charge >= 0.3 is 0 Å². The second kappa shape index (κ2) is 4.60. The van der Waals surface area contributed by atoms with Crippen LogP contribution in [0.15, 0.2) is 24.3 Å². The maximum absolute atomic E-state index is 10.4. The molecule has 0 aromatic heterocycles. The molecule has 0 unspecified atom stereocenters. The highest BCUT2D eigenvalue weighted by Crippen LogP contribution is 2.19. The molecule has 76 valence electrons. The summed E-state index contributed by atoms with van der Waals surface area (Å²) in [5.74, 6) is 0.960. The molecular weight excluding hydrogens is 182 g/mol. The molecule has 0 aliphatic heterocycles. The van der Waals surface area contributed by atoms with E-state index in [0.717, 1.165) is 0 Å². The quantitative estimate of drug-likeness (QED) is 0.548. The predicted molar refractivity (Wildman–Crippen MR) is 53.4 cm³/mol. The Morgan fingerprint density at radius 3 is 2.79 bits per heavy atom. The molecule has 0 radical (unpaired) electrons. The van der Waals surface area contributed by atoms with Gasteiger partial charge in [-0.2, -0.15) is 0 Å². The lowest BCUT2D eigenvalue weighted by atomic mass is 10.2. The SMILES string of the molecule is CC(C)COc1cccc([N+](=O)[O-])c1. The summed E-state index contributed by atoms with van der Waals surface area (Å²) in [5, 5.41) is 10.4. The van der Waals surface area contributed by atoms with Crippen LogP contribution in [-0.4, -0.2) is 11.5 Å². The number of rotatable bonds is 4. The third-order valence-electron chi connectivity index (χ3n) is 1.61. The van der Waals surface area contributed by atoms with Crippen molar-refractivity contribution in [1.29, 1.82) is 0 Å². The Kier molecular flexibility index (Phi) is 3.45. The van der Waals surface area contributed by atoms with Gasteiger partial charge in [0.05, 0.1) is 17.6 Å². The number of non-ortho nitro benzene ring substituents is 1. The van der Waals surface area contributed by atoms with Crippen molar-refractivity contribution in [3.8, 4) is 5.75 Å². The molecule has 0 spiro atoms. The first-order valence-corrected chi connectivity index (χ1v) is 4.47. The summed E-state index contributed by atoms with van der Waals surface area (Å²) in [5.41, 5.74) is 0.0613. The van der Waals surface area contributed by atoms with Gasteiger partial charge in [-0.05, 0) is 12.0 Å². The van der Waals surface area contributed by atoms with E-state index < -0.39 is 4.92 Å². The van der Waals surface area contributed by atoms with Crippen molar-refractivity contribution >= 4 is 5.69 Å². The molecule has 4 heteroatoms. The van der Waals surface area contributed by atoms with Crippen LogP contribution in [0.3, 0.4) is 0 Å². The van der Waals surface area contributed by atoms with E-state index in [1.807, 2.05) is 13.8 Å². The van der Waals surface area contributed by atoms with Gasteiger partial charge in [0, 0.05) is 6.07 Å². The van der Waals surface area contributed by atoms with Crippen molar-refractivity contribution in [3.05, 3.63) is 34.4 Å². The number of hydrogen-bond donors (Lipinski definition) is 0. The van der Waals surface area contributed by atoms with Gasteiger partial charge in [0.2, 0.25) is 0 Å². The average Bonchev–Trinajstić information content (AvgIpc) is 2.15. The summed E-state index contributed by atoms with van der Waals surface area (Å²) in [4.78, 5) is 10.0. The van der Waals surface area contributed by atoms with E-state index in [0.29, 0.717) is 18.3 Å². The Bertz CT molecular complexity index is 323. The van der Waals surface area contributed by atoms with Crippen LogP contribution in [-0.2, 0) is 0 Å². The first kappa shape index (κ1) is 10.5. The van der Waals surface area contributed by atoms with Crippen molar-refractivity contribution in [1.82, 2.24) is 0 Å². The zero-order valence-electron chi connectivity index (χ0n) is 8.27. The summed E-state index contributed by atoms with van der Waals surface area (Å²) in [7, 11) is 0. The summed E-state index contributed by atoms with van der Waals surface area (Å²) in [6.45, 7) is 4.62. The standard InChI is InChI=1S/C10H13NO3/c1-8(2)7-14-10-5-3-4-9(6-10)11(12)13/h3-6,8H,7H2,1-2H3. The molecule has 0 aliphatic rings. The molecule has 0 amide bonds. The fourth-order valence-corrected chi connectivity index (χ4v) is 0.950. The van der Waals surface area contributed by atoms with Crippen LogP contribution in [0.25, 0.3) is 0 Å². The van der Waals surface area contributed by atoms with E-state index in [-0.39, 0.29) is 5.69 Å². The van der Waals surface area contributed by atoms with Crippen LogP contribution in [0.2, 0.25) is 0 Å². The molecule has 0 N–H and O–H groups in total. The van der Waals surface area contributed by atoms with Crippen molar-refractivity contribution in [2.24, 2.45) is 5.92 Å². The zero-order chi connectivity index (χ0) is 10.6. The molecule has 0 fully saturated rings. The average molecular weight is 195 g/mol. The Morgan fingerprint density at radius 1 is 1.50 bits per heavy atom. The molecule has 0 saturated heterocycles. The maximum atomic E-state index is 10.4. The van der Waals surface area contributed by atoms with E-state index >= 15 is 0 Å². The molecule has 0 heterocycles. The lowest BCUT2D eigenvalue weighted by molar-refractivity contribution is -0.384. The normalized spacial score (nSPS) is 10.2. The third-order valence-corrected chi connectivity index (χ3v) is 1.61. The fraction of sp³-hybridized carbons (Fsp3) is 0.400. The van der Waals surface area contributed by atoms with E-state index in [1.54, 1.807) is 12.1 Å². The number of nitro groups is 1. The Labute approximate surface area is 82.7 Å². The molecule has 0 aliphatic carbocycles. The molecule has 1 aromatic carbocycles. The molecular formula is C10H13NO3. The number of benzene rings is 1. The molecule has 4 nitrogen and oxygen atoms in total. The second-order valence-electron chi connectivity index (χ2n) is 3.46. The van der Waals surface area contributed by atoms with Crippen LogP contribution in [0.1, 0.15) is 13.8 Å². The molecule has 14 heavy (non-hydrogen) atoms. The summed E-state index contributed by atoms with van der Waals surface area (Å²) >= 11 is 0. The Morgan fingerprint density at radius 2 is 2.21 bits per heavy atom. The van der Waals surface area contributed by atoms with Crippen LogP contribution >= 0.6 is 0 Å². The Balaban J connectivity index is 2.69. The van der Waals surface area contributed by atoms with Crippen molar-refractivity contribution < 1.29 is 9.66 Å². The zero-order valence-corrected chi connectivity index (χ0v) is 8.27. The van der Waals surface area contributed by atoms with Gasteiger partial charge < -0.3 is 4.74 Å². The minimum absolute atomic E-state index is 0.0613. The smallest absolute Gasteiger partial charge is 0.273 e. The highest BCUT2D eigenvalue weighted by Gasteiger charge is 2.06. The van der Waals surface area contributed by atoms with Crippen molar-refractivity contribution in [3.63, 3.8) is 0 Å². The van der Waals surface area contributed by atoms with Crippen LogP contribution in [0.4, 0.5) is 5.69 Å². The maximum Gasteiger partial charge on any atom is 0.273 e. The van der Waals surface area contributed by atoms with E-state index in [4.69, 9.17) is 4.74 Å². The van der Waals surface area contributed by atoms with Crippen LogP contribution in [0.5, 0.6) is 5.75 Å².